The highest BCUT2D eigenvalue weighted by Gasteiger charge is 2.42. The van der Waals surface area contributed by atoms with E-state index in [1.165, 1.54) is 0 Å². The van der Waals surface area contributed by atoms with E-state index in [0.29, 0.717) is 25.0 Å². The maximum atomic E-state index is 14.2. The third-order valence-electron chi connectivity index (χ3n) is 5.39. The first-order valence-electron chi connectivity index (χ1n) is 10.1. The van der Waals surface area contributed by atoms with Gasteiger partial charge in [0.15, 0.2) is 6.61 Å². The van der Waals surface area contributed by atoms with Crippen LogP contribution in [-0.2, 0) is 4.79 Å². The zero-order valence-corrected chi connectivity index (χ0v) is 16.4. The van der Waals surface area contributed by atoms with Gasteiger partial charge in [0.25, 0.3) is 5.92 Å². The topological polar surface area (TPSA) is 87.0 Å². The van der Waals surface area contributed by atoms with E-state index < -0.39 is 43.0 Å². The molecule has 7 heteroatoms. The molecule has 4 atom stereocenters. The number of allylic oxidation sites excluding steroid dienone is 2. The number of carboxylic acids is 1. The van der Waals surface area contributed by atoms with Gasteiger partial charge in [-0.2, -0.15) is 0 Å². The molecule has 3 N–H and O–H groups in total. The number of halogens is 2. The summed E-state index contributed by atoms with van der Waals surface area (Å²) in [6.07, 6.45) is 3.73. The fourth-order valence-electron chi connectivity index (χ4n) is 3.80. The Hall–Kier alpha value is -1.99. The van der Waals surface area contributed by atoms with Gasteiger partial charge < -0.3 is 20.1 Å². The third kappa shape index (κ3) is 8.11. The number of carbonyl (C=O) groups is 1. The minimum atomic E-state index is -3.03. The Morgan fingerprint density at radius 2 is 1.83 bits per heavy atom. The zero-order chi connectivity index (χ0) is 21.3. The average Bonchev–Trinajstić information content (AvgIpc) is 2.94. The lowest BCUT2D eigenvalue weighted by Crippen LogP contribution is -2.29. The largest absolute Gasteiger partial charge is 0.487 e. The van der Waals surface area contributed by atoms with Gasteiger partial charge in [0.1, 0.15) is 5.75 Å². The third-order valence-corrected chi connectivity index (χ3v) is 5.39. The molecular formula is C22H30F2O5. The van der Waals surface area contributed by atoms with E-state index in [2.05, 4.69) is 0 Å². The lowest BCUT2D eigenvalue weighted by molar-refractivity contribution is -0.137. The van der Waals surface area contributed by atoms with Crippen molar-refractivity contribution in [2.75, 3.05) is 6.61 Å². The van der Waals surface area contributed by atoms with Gasteiger partial charge in [-0.3, -0.25) is 4.79 Å². The number of hydrogen-bond acceptors (Lipinski definition) is 4. The number of carboxylic acid groups (broad SMARTS) is 1. The summed E-state index contributed by atoms with van der Waals surface area (Å²) < 4.78 is 33.6. The molecule has 0 bridgehead atoms. The quantitative estimate of drug-likeness (QED) is 0.356. The predicted molar refractivity (Wildman–Crippen MR) is 105 cm³/mol. The molecule has 162 valence electrons. The van der Waals surface area contributed by atoms with Gasteiger partial charge in [-0.05, 0) is 56.1 Å². The molecular weight excluding hydrogens is 382 g/mol. The smallest absolute Gasteiger partial charge is 0.303 e. The Morgan fingerprint density at radius 1 is 1.14 bits per heavy atom. The van der Waals surface area contributed by atoms with Gasteiger partial charge in [-0.1, -0.05) is 30.4 Å². The normalized spacial score (nSPS) is 24.8. The lowest BCUT2D eigenvalue weighted by Gasteiger charge is -2.25. The number of hydrogen-bond donors (Lipinski definition) is 3. The molecule has 0 aliphatic heterocycles. The van der Waals surface area contributed by atoms with Crippen LogP contribution < -0.4 is 4.74 Å². The average molecular weight is 412 g/mol. The number of aliphatic hydroxyl groups is 2. The molecule has 2 rings (SSSR count). The van der Waals surface area contributed by atoms with Crippen molar-refractivity contribution < 1.29 is 33.6 Å². The van der Waals surface area contributed by atoms with E-state index in [1.807, 2.05) is 12.2 Å². The van der Waals surface area contributed by atoms with Gasteiger partial charge in [-0.15, -0.1) is 0 Å². The molecule has 5 nitrogen and oxygen atoms in total. The fourth-order valence-corrected chi connectivity index (χ4v) is 3.80. The van der Waals surface area contributed by atoms with Gasteiger partial charge in [-0.25, -0.2) is 8.78 Å². The lowest BCUT2D eigenvalue weighted by atomic mass is 9.86. The summed E-state index contributed by atoms with van der Waals surface area (Å²) in [5, 5.41) is 29.0. The summed E-state index contributed by atoms with van der Waals surface area (Å²) in [7, 11) is 0. The molecule has 29 heavy (non-hydrogen) atoms. The predicted octanol–water partition coefficient (Wildman–Crippen LogP) is 4.04. The summed E-state index contributed by atoms with van der Waals surface area (Å²) in [6.45, 7) is -0.726. The van der Waals surface area contributed by atoms with Crippen LogP contribution in [0, 0.1) is 11.8 Å². The molecule has 0 saturated heterocycles. The van der Waals surface area contributed by atoms with Crippen LogP contribution in [0.25, 0.3) is 0 Å². The summed E-state index contributed by atoms with van der Waals surface area (Å²) in [5.41, 5.74) is 0. The summed E-state index contributed by atoms with van der Waals surface area (Å²) in [4.78, 5) is 10.5. The highest BCUT2D eigenvalue weighted by molar-refractivity contribution is 5.66. The van der Waals surface area contributed by atoms with E-state index in [0.717, 1.165) is 0 Å². The minimum absolute atomic E-state index is 0.0951. The Bertz CT molecular complexity index is 650. The zero-order valence-electron chi connectivity index (χ0n) is 16.4. The van der Waals surface area contributed by atoms with E-state index in [1.54, 1.807) is 30.3 Å². The summed E-state index contributed by atoms with van der Waals surface area (Å²) in [6, 6.07) is 8.43. The molecule has 1 fully saturated rings. The molecule has 1 aromatic rings. The summed E-state index contributed by atoms with van der Waals surface area (Å²) in [5.74, 6) is -4.18. The summed E-state index contributed by atoms with van der Waals surface area (Å²) >= 11 is 0. The maximum Gasteiger partial charge on any atom is 0.303 e. The number of rotatable bonds is 12. The van der Waals surface area contributed by atoms with E-state index in [9.17, 15) is 23.8 Å². The second-order valence-electron chi connectivity index (χ2n) is 7.69. The van der Waals surface area contributed by atoms with Crippen molar-refractivity contribution in [2.24, 2.45) is 11.8 Å². The van der Waals surface area contributed by atoms with Crippen LogP contribution in [0.5, 0.6) is 5.75 Å². The molecule has 0 amide bonds. The van der Waals surface area contributed by atoms with Crippen LogP contribution >= 0.6 is 0 Å². The van der Waals surface area contributed by atoms with Crippen molar-refractivity contribution in [2.45, 2.75) is 63.1 Å². The minimum Gasteiger partial charge on any atom is -0.487 e. The standard InChI is InChI=1S/C22H30F2O5/c23-22(24,15-29-16-8-4-3-5-9-16)13-12-18-17(19(25)14-20(18)26)10-6-1-2-7-11-21(27)28/h1,3-6,8-9,17-20,25-26H,2,7,10-15H2,(H,27,28)/b6-1-/t17-,18-,19+,20-/m1/s1. The van der Waals surface area contributed by atoms with E-state index in [4.69, 9.17) is 9.84 Å². The first kappa shape index (κ1) is 23.3. The number of alkyl halides is 2. The second kappa shape index (κ2) is 11.3. The van der Waals surface area contributed by atoms with Crippen LogP contribution in [0.15, 0.2) is 42.5 Å². The van der Waals surface area contributed by atoms with Crippen LogP contribution in [0.4, 0.5) is 8.78 Å². The Morgan fingerprint density at radius 3 is 2.52 bits per heavy atom. The Labute approximate surface area is 170 Å². The SMILES string of the molecule is O=C(O)CCC/C=C\C[C@@H]1[C@@H](CCC(F)(F)COc2ccccc2)[C@H](O)C[C@@H]1O. The highest BCUT2D eigenvalue weighted by Crippen LogP contribution is 2.40. The van der Waals surface area contributed by atoms with E-state index in [-0.39, 0.29) is 25.2 Å². The number of ether oxygens (including phenoxy) is 1. The van der Waals surface area contributed by atoms with Crippen molar-refractivity contribution >= 4 is 5.97 Å². The first-order valence-corrected chi connectivity index (χ1v) is 10.1. The molecule has 0 aromatic heterocycles. The first-order chi connectivity index (χ1) is 13.8. The van der Waals surface area contributed by atoms with Gasteiger partial charge in [0.2, 0.25) is 0 Å². The molecule has 0 radical (unpaired) electrons. The number of para-hydroxylation sites is 1. The molecule has 0 spiro atoms. The Kier molecular flexibility index (Phi) is 9.04. The number of unbranched alkanes of at least 4 members (excludes halogenated alkanes) is 1. The molecule has 1 saturated carbocycles. The number of benzene rings is 1. The van der Waals surface area contributed by atoms with Gasteiger partial charge >= 0.3 is 5.97 Å². The van der Waals surface area contributed by atoms with Crippen LogP contribution in [-0.4, -0.2) is 46.0 Å². The maximum absolute atomic E-state index is 14.2. The van der Waals surface area contributed by atoms with Crippen LogP contribution in [0.1, 0.15) is 44.9 Å². The van der Waals surface area contributed by atoms with Crippen molar-refractivity contribution in [3.63, 3.8) is 0 Å². The van der Waals surface area contributed by atoms with Crippen molar-refractivity contribution in [3.8, 4) is 5.75 Å². The van der Waals surface area contributed by atoms with Crippen LogP contribution in [0.2, 0.25) is 0 Å². The molecule has 1 aliphatic rings. The Balaban J connectivity index is 1.81. The molecule has 1 aromatic carbocycles. The number of aliphatic hydroxyl groups excluding tert-OH is 2. The molecule has 0 heterocycles. The highest BCUT2D eigenvalue weighted by atomic mass is 19.3. The second-order valence-corrected chi connectivity index (χ2v) is 7.69. The van der Waals surface area contributed by atoms with E-state index >= 15 is 0 Å². The molecule has 1 aliphatic carbocycles. The monoisotopic (exact) mass is 412 g/mol. The van der Waals surface area contributed by atoms with Crippen molar-refractivity contribution in [3.05, 3.63) is 42.5 Å². The van der Waals surface area contributed by atoms with Gasteiger partial charge in [0.05, 0.1) is 12.2 Å². The number of aliphatic carboxylic acids is 1. The van der Waals surface area contributed by atoms with Crippen LogP contribution in [0.3, 0.4) is 0 Å². The molecule has 0 unspecified atom stereocenters. The van der Waals surface area contributed by atoms with Crippen molar-refractivity contribution in [1.29, 1.82) is 0 Å². The van der Waals surface area contributed by atoms with Crippen molar-refractivity contribution in [1.82, 2.24) is 0 Å². The van der Waals surface area contributed by atoms with Gasteiger partial charge in [0, 0.05) is 12.8 Å². The fraction of sp³-hybridized carbons (Fsp3) is 0.591.